The van der Waals surface area contributed by atoms with Crippen molar-refractivity contribution in [3.63, 3.8) is 0 Å². The molecule has 26 heavy (non-hydrogen) atoms. The minimum atomic E-state index is -4.82. The number of hydrogen-bond acceptors (Lipinski definition) is 3. The van der Waals surface area contributed by atoms with E-state index in [4.69, 9.17) is 0 Å². The number of alkyl halides is 3. The van der Waals surface area contributed by atoms with Gasteiger partial charge in [0, 0.05) is 12.1 Å². The summed E-state index contributed by atoms with van der Waals surface area (Å²) in [5, 5.41) is 9.18. The fourth-order valence-corrected chi connectivity index (χ4v) is 2.79. The van der Waals surface area contributed by atoms with Crippen molar-refractivity contribution in [3.8, 4) is 11.8 Å². The lowest BCUT2D eigenvalue weighted by Gasteiger charge is -2.34. The molecule has 0 bridgehead atoms. The molecule has 0 aliphatic heterocycles. The zero-order valence-corrected chi connectivity index (χ0v) is 14.9. The van der Waals surface area contributed by atoms with E-state index in [1.165, 1.54) is 23.1 Å². The van der Waals surface area contributed by atoms with Crippen molar-refractivity contribution in [3.05, 3.63) is 47.5 Å². The third-order valence-corrected chi connectivity index (χ3v) is 3.89. The van der Waals surface area contributed by atoms with Gasteiger partial charge < -0.3 is 4.90 Å². The normalized spacial score (nSPS) is 11.9. The molecule has 2 aromatic rings. The van der Waals surface area contributed by atoms with Crippen LogP contribution in [0.15, 0.2) is 30.6 Å². The van der Waals surface area contributed by atoms with E-state index in [0.29, 0.717) is 0 Å². The molecule has 0 spiro atoms. The molecule has 0 atom stereocenters. The lowest BCUT2D eigenvalue weighted by molar-refractivity contribution is -0.142. The number of imidazole rings is 1. The highest BCUT2D eigenvalue weighted by Crippen LogP contribution is 2.35. The van der Waals surface area contributed by atoms with Gasteiger partial charge in [0.25, 0.3) is 5.91 Å². The Balaban J connectivity index is 2.70. The van der Waals surface area contributed by atoms with E-state index in [1.54, 1.807) is 33.8 Å². The third-order valence-electron chi connectivity index (χ3n) is 3.89. The van der Waals surface area contributed by atoms with E-state index in [9.17, 15) is 23.2 Å². The molecule has 1 aromatic carbocycles. The number of rotatable bonds is 3. The molecule has 2 rings (SSSR count). The van der Waals surface area contributed by atoms with Crippen LogP contribution < -0.4 is 0 Å². The first kappa shape index (κ1) is 19.5. The summed E-state index contributed by atoms with van der Waals surface area (Å²) in [6, 6.07) is 7.72. The quantitative estimate of drug-likeness (QED) is 0.826. The largest absolute Gasteiger partial charge is 0.434 e. The van der Waals surface area contributed by atoms with Gasteiger partial charge in [0.05, 0.1) is 11.3 Å². The van der Waals surface area contributed by atoms with Gasteiger partial charge >= 0.3 is 6.18 Å². The van der Waals surface area contributed by atoms with Crippen LogP contribution >= 0.6 is 0 Å². The summed E-state index contributed by atoms with van der Waals surface area (Å²) in [5.41, 5.74) is -2.46. The van der Waals surface area contributed by atoms with Crippen molar-refractivity contribution in [2.24, 2.45) is 0 Å². The van der Waals surface area contributed by atoms with Crippen molar-refractivity contribution < 1.29 is 18.0 Å². The van der Waals surface area contributed by atoms with Crippen LogP contribution in [0, 0.1) is 11.3 Å². The van der Waals surface area contributed by atoms with Crippen LogP contribution in [-0.4, -0.2) is 32.4 Å². The summed E-state index contributed by atoms with van der Waals surface area (Å²) in [6.45, 7) is 7.15. The summed E-state index contributed by atoms with van der Waals surface area (Å²) in [5.74, 6) is -0.805. The number of benzene rings is 1. The van der Waals surface area contributed by atoms with Crippen molar-refractivity contribution in [2.45, 2.75) is 39.4 Å². The van der Waals surface area contributed by atoms with Gasteiger partial charge in [-0.1, -0.05) is 12.1 Å². The van der Waals surface area contributed by atoms with Gasteiger partial charge in [-0.25, -0.2) is 4.98 Å². The van der Waals surface area contributed by atoms with Crippen LogP contribution in [-0.2, 0) is 6.18 Å². The van der Waals surface area contributed by atoms with Crippen molar-refractivity contribution in [2.75, 3.05) is 6.54 Å². The standard InChI is InChI=1S/C18H19F3N4O/c1-5-25(17(2,3)4)16(26)14-15(18(19,20)21)24(11-23-14)13-9-7-6-8-12(13)10-22/h6-9,11H,5H2,1-4H3. The Morgan fingerprint density at radius 3 is 2.38 bits per heavy atom. The Kier molecular flexibility index (Phi) is 5.12. The van der Waals surface area contributed by atoms with Gasteiger partial charge in [0.1, 0.15) is 12.4 Å². The van der Waals surface area contributed by atoms with Crippen LogP contribution in [0.1, 0.15) is 49.4 Å². The molecule has 0 saturated heterocycles. The van der Waals surface area contributed by atoms with Gasteiger partial charge in [0.15, 0.2) is 11.4 Å². The van der Waals surface area contributed by atoms with Crippen LogP contribution in [0.4, 0.5) is 13.2 Å². The number of carbonyl (C=O) groups is 1. The predicted molar refractivity (Wildman–Crippen MR) is 89.7 cm³/mol. The fourth-order valence-electron chi connectivity index (χ4n) is 2.79. The lowest BCUT2D eigenvalue weighted by Crippen LogP contribution is -2.46. The van der Waals surface area contributed by atoms with E-state index in [2.05, 4.69) is 4.98 Å². The molecule has 1 heterocycles. The average molecular weight is 364 g/mol. The molecule has 0 fully saturated rings. The summed E-state index contributed by atoms with van der Waals surface area (Å²) in [7, 11) is 0. The molecule has 0 N–H and O–H groups in total. The average Bonchev–Trinajstić information content (AvgIpc) is 2.99. The van der Waals surface area contributed by atoms with E-state index in [1.807, 2.05) is 6.07 Å². The predicted octanol–water partition coefficient (Wildman–Crippen LogP) is 4.02. The second-order valence-electron chi connectivity index (χ2n) is 6.66. The molecule has 0 aliphatic rings. The molecular weight excluding hydrogens is 345 g/mol. The molecule has 5 nitrogen and oxygen atoms in total. The molecular formula is C18H19F3N4O. The summed E-state index contributed by atoms with van der Waals surface area (Å²) in [4.78, 5) is 17.9. The number of aromatic nitrogens is 2. The van der Waals surface area contributed by atoms with Gasteiger partial charge in [-0.15, -0.1) is 0 Å². The lowest BCUT2D eigenvalue weighted by atomic mass is 10.0. The number of nitrogens with zero attached hydrogens (tertiary/aromatic N) is 4. The first-order chi connectivity index (χ1) is 12.0. The van der Waals surface area contributed by atoms with E-state index < -0.39 is 29.0 Å². The SMILES string of the molecule is CCN(C(=O)c1ncn(-c2ccccc2C#N)c1C(F)(F)F)C(C)(C)C. The molecule has 138 valence electrons. The summed E-state index contributed by atoms with van der Waals surface area (Å²) >= 11 is 0. The smallest absolute Gasteiger partial charge is 0.333 e. The molecule has 1 amide bonds. The molecule has 0 radical (unpaired) electrons. The van der Waals surface area contributed by atoms with E-state index >= 15 is 0 Å². The first-order valence-corrected chi connectivity index (χ1v) is 7.98. The van der Waals surface area contributed by atoms with Crippen molar-refractivity contribution >= 4 is 5.91 Å². The summed E-state index contributed by atoms with van der Waals surface area (Å²) < 4.78 is 42.1. The van der Waals surface area contributed by atoms with E-state index in [-0.39, 0.29) is 17.8 Å². The molecule has 1 aromatic heterocycles. The van der Waals surface area contributed by atoms with Gasteiger partial charge in [-0.3, -0.25) is 9.36 Å². The monoisotopic (exact) mass is 364 g/mol. The molecule has 0 unspecified atom stereocenters. The van der Waals surface area contributed by atoms with Crippen LogP contribution in [0.25, 0.3) is 5.69 Å². The maximum Gasteiger partial charge on any atom is 0.434 e. The van der Waals surface area contributed by atoms with Crippen LogP contribution in [0.5, 0.6) is 0 Å². The fraction of sp³-hybridized carbons (Fsp3) is 0.389. The maximum atomic E-state index is 13.8. The maximum absolute atomic E-state index is 13.8. The number of amides is 1. The van der Waals surface area contributed by atoms with Gasteiger partial charge in [-0.2, -0.15) is 18.4 Å². The molecule has 0 aliphatic carbocycles. The van der Waals surface area contributed by atoms with Crippen molar-refractivity contribution in [1.82, 2.24) is 14.5 Å². The zero-order chi connectivity index (χ0) is 19.7. The minimum Gasteiger partial charge on any atom is -0.333 e. The topological polar surface area (TPSA) is 61.9 Å². The Bertz CT molecular complexity index is 857. The number of carbonyl (C=O) groups excluding carboxylic acids is 1. The Morgan fingerprint density at radius 2 is 1.88 bits per heavy atom. The first-order valence-electron chi connectivity index (χ1n) is 7.98. The highest BCUT2D eigenvalue weighted by atomic mass is 19.4. The highest BCUT2D eigenvalue weighted by Gasteiger charge is 2.42. The Hall–Kier alpha value is -2.82. The van der Waals surface area contributed by atoms with E-state index in [0.717, 1.165) is 10.9 Å². The number of para-hydroxylation sites is 1. The number of nitriles is 1. The van der Waals surface area contributed by atoms with Crippen LogP contribution in [0.3, 0.4) is 0 Å². The number of hydrogen-bond donors (Lipinski definition) is 0. The molecule has 0 saturated carbocycles. The van der Waals surface area contributed by atoms with Gasteiger partial charge in [-0.05, 0) is 39.8 Å². The van der Waals surface area contributed by atoms with Crippen LogP contribution in [0.2, 0.25) is 0 Å². The van der Waals surface area contributed by atoms with Crippen molar-refractivity contribution in [1.29, 1.82) is 5.26 Å². The Morgan fingerprint density at radius 1 is 1.27 bits per heavy atom. The summed E-state index contributed by atoms with van der Waals surface area (Å²) in [6.07, 6.45) is -3.88. The zero-order valence-electron chi connectivity index (χ0n) is 14.9. The second kappa shape index (κ2) is 6.83. The molecule has 8 heteroatoms. The number of halogens is 3. The second-order valence-corrected chi connectivity index (χ2v) is 6.66. The minimum absolute atomic E-state index is 0.0210. The van der Waals surface area contributed by atoms with Gasteiger partial charge in [0.2, 0.25) is 0 Å². The Labute approximate surface area is 149 Å². The third kappa shape index (κ3) is 3.57. The highest BCUT2D eigenvalue weighted by molar-refractivity contribution is 5.94.